The van der Waals surface area contributed by atoms with E-state index in [4.69, 9.17) is 5.73 Å². The van der Waals surface area contributed by atoms with Crippen LogP contribution >= 0.6 is 0 Å². The van der Waals surface area contributed by atoms with Crippen molar-refractivity contribution in [1.29, 1.82) is 0 Å². The number of likely N-dealkylation sites (tertiary alicyclic amines) is 1. The lowest BCUT2D eigenvalue weighted by molar-refractivity contribution is -0.171. The van der Waals surface area contributed by atoms with Crippen molar-refractivity contribution < 1.29 is 18.0 Å². The number of hydrogen-bond donors (Lipinski definition) is 1. The predicted molar refractivity (Wildman–Crippen MR) is 44.4 cm³/mol. The molecule has 1 rings (SSSR count). The van der Waals surface area contributed by atoms with Gasteiger partial charge in [-0.2, -0.15) is 13.2 Å². The molecule has 82 valence electrons. The largest absolute Gasteiger partial charge is 0.393 e. The second-order valence-electron chi connectivity index (χ2n) is 3.60. The van der Waals surface area contributed by atoms with Gasteiger partial charge in [-0.05, 0) is 13.3 Å². The molecule has 0 unspecified atom stereocenters. The highest BCUT2D eigenvalue weighted by atomic mass is 19.4. The average molecular weight is 210 g/mol. The Bertz CT molecular complexity index is 227. The minimum absolute atomic E-state index is 0.0119. The third kappa shape index (κ3) is 2.37. The standard InChI is InChI=1S/C8H13F3N2O/c1-5(12)7(14)13-3-2-6(4-13)8(9,10)11/h5-6H,2-4,12H2,1H3/t5-,6+/m1/s1. The molecular weight excluding hydrogens is 197 g/mol. The molecule has 6 heteroatoms. The molecule has 1 saturated heterocycles. The van der Waals surface area contributed by atoms with Gasteiger partial charge in [-0.3, -0.25) is 4.79 Å². The Hall–Kier alpha value is -0.780. The Labute approximate surface area is 80.0 Å². The fourth-order valence-corrected chi connectivity index (χ4v) is 1.52. The zero-order valence-corrected chi connectivity index (χ0v) is 7.84. The van der Waals surface area contributed by atoms with Gasteiger partial charge in [0.2, 0.25) is 5.91 Å². The summed E-state index contributed by atoms with van der Waals surface area (Å²) in [5.41, 5.74) is 5.30. The number of rotatable bonds is 1. The number of hydrogen-bond acceptors (Lipinski definition) is 2. The van der Waals surface area contributed by atoms with Crippen molar-refractivity contribution >= 4 is 5.91 Å². The van der Waals surface area contributed by atoms with E-state index in [1.54, 1.807) is 0 Å². The van der Waals surface area contributed by atoms with E-state index >= 15 is 0 Å². The third-order valence-electron chi connectivity index (χ3n) is 2.35. The summed E-state index contributed by atoms with van der Waals surface area (Å²) in [6.07, 6.45) is -4.21. The van der Waals surface area contributed by atoms with Crippen molar-refractivity contribution in [2.24, 2.45) is 11.7 Å². The monoisotopic (exact) mass is 210 g/mol. The molecule has 0 aromatic carbocycles. The van der Waals surface area contributed by atoms with E-state index in [9.17, 15) is 18.0 Å². The summed E-state index contributed by atoms with van der Waals surface area (Å²) in [5.74, 6) is -1.79. The van der Waals surface area contributed by atoms with Gasteiger partial charge in [0.15, 0.2) is 0 Å². The van der Waals surface area contributed by atoms with E-state index in [-0.39, 0.29) is 19.5 Å². The van der Waals surface area contributed by atoms with Gasteiger partial charge in [-0.15, -0.1) is 0 Å². The zero-order valence-electron chi connectivity index (χ0n) is 7.84. The van der Waals surface area contributed by atoms with Gasteiger partial charge in [-0.25, -0.2) is 0 Å². The van der Waals surface area contributed by atoms with Crippen LogP contribution in [-0.4, -0.2) is 36.1 Å². The quantitative estimate of drug-likeness (QED) is 0.694. The molecule has 0 saturated carbocycles. The van der Waals surface area contributed by atoms with Gasteiger partial charge in [0.05, 0.1) is 12.0 Å². The molecule has 1 heterocycles. The minimum atomic E-state index is -4.20. The van der Waals surface area contributed by atoms with Crippen molar-refractivity contribution in [3.05, 3.63) is 0 Å². The van der Waals surface area contributed by atoms with Crippen LogP contribution in [0.3, 0.4) is 0 Å². The second-order valence-corrected chi connectivity index (χ2v) is 3.60. The fraction of sp³-hybridized carbons (Fsp3) is 0.875. The summed E-state index contributed by atoms with van der Waals surface area (Å²) in [6.45, 7) is 1.39. The van der Waals surface area contributed by atoms with E-state index in [1.165, 1.54) is 11.8 Å². The van der Waals surface area contributed by atoms with E-state index in [1.807, 2.05) is 0 Å². The van der Waals surface area contributed by atoms with E-state index in [0.29, 0.717) is 0 Å². The third-order valence-corrected chi connectivity index (χ3v) is 2.35. The maximum Gasteiger partial charge on any atom is 0.393 e. The molecule has 1 fully saturated rings. The molecule has 2 N–H and O–H groups in total. The van der Waals surface area contributed by atoms with Crippen LogP contribution < -0.4 is 5.73 Å². The maximum atomic E-state index is 12.2. The van der Waals surface area contributed by atoms with E-state index in [2.05, 4.69) is 0 Å². The van der Waals surface area contributed by atoms with E-state index in [0.717, 1.165) is 0 Å². The highest BCUT2D eigenvalue weighted by Crippen LogP contribution is 2.33. The van der Waals surface area contributed by atoms with Crippen molar-refractivity contribution in [2.45, 2.75) is 25.6 Å². The topological polar surface area (TPSA) is 46.3 Å². The van der Waals surface area contributed by atoms with Gasteiger partial charge in [-0.1, -0.05) is 0 Å². The normalized spacial score (nSPS) is 25.2. The fourth-order valence-electron chi connectivity index (χ4n) is 1.52. The Balaban J connectivity index is 2.54. The molecule has 0 bridgehead atoms. The number of amides is 1. The molecule has 0 aromatic rings. The Morgan fingerprint density at radius 2 is 2.14 bits per heavy atom. The molecule has 0 aliphatic carbocycles. The number of carbonyl (C=O) groups excluding carboxylic acids is 1. The van der Waals surface area contributed by atoms with Crippen LogP contribution in [0.4, 0.5) is 13.2 Å². The molecule has 1 aliphatic rings. The highest BCUT2D eigenvalue weighted by molar-refractivity contribution is 5.81. The van der Waals surface area contributed by atoms with Crippen LogP contribution in [0, 0.1) is 5.92 Å². The van der Waals surface area contributed by atoms with E-state index < -0.39 is 24.0 Å². The van der Waals surface area contributed by atoms with Gasteiger partial charge in [0.1, 0.15) is 0 Å². The number of nitrogens with two attached hydrogens (primary N) is 1. The lowest BCUT2D eigenvalue weighted by Crippen LogP contribution is -2.41. The summed E-state index contributed by atoms with van der Waals surface area (Å²) in [7, 11) is 0. The van der Waals surface area contributed by atoms with Gasteiger partial charge in [0, 0.05) is 13.1 Å². The molecule has 14 heavy (non-hydrogen) atoms. The summed E-state index contributed by atoms with van der Waals surface area (Å²) >= 11 is 0. The van der Waals surface area contributed by atoms with Crippen molar-refractivity contribution in [3.63, 3.8) is 0 Å². The molecule has 2 atom stereocenters. The molecule has 1 amide bonds. The maximum absolute atomic E-state index is 12.2. The van der Waals surface area contributed by atoms with Gasteiger partial charge >= 0.3 is 6.18 Å². The summed E-state index contributed by atoms with van der Waals surface area (Å²) in [5, 5.41) is 0. The number of halogens is 3. The molecule has 3 nitrogen and oxygen atoms in total. The molecular formula is C8H13F3N2O. The molecule has 0 aromatic heterocycles. The van der Waals surface area contributed by atoms with Crippen LogP contribution in [0.15, 0.2) is 0 Å². The number of carbonyl (C=O) groups is 1. The summed E-state index contributed by atoms with van der Waals surface area (Å²) < 4.78 is 36.7. The lowest BCUT2D eigenvalue weighted by Gasteiger charge is -2.19. The first kappa shape index (κ1) is 11.3. The predicted octanol–water partition coefficient (Wildman–Crippen LogP) is 0.744. The smallest absolute Gasteiger partial charge is 0.341 e. The highest BCUT2D eigenvalue weighted by Gasteiger charge is 2.44. The molecule has 1 aliphatic heterocycles. The van der Waals surface area contributed by atoms with Crippen LogP contribution in [0.1, 0.15) is 13.3 Å². The van der Waals surface area contributed by atoms with Crippen LogP contribution in [0.25, 0.3) is 0 Å². The van der Waals surface area contributed by atoms with Gasteiger partial charge < -0.3 is 10.6 Å². The van der Waals surface area contributed by atoms with Crippen LogP contribution in [-0.2, 0) is 4.79 Å². The van der Waals surface area contributed by atoms with Crippen LogP contribution in [0.2, 0.25) is 0 Å². The number of alkyl halides is 3. The lowest BCUT2D eigenvalue weighted by atomic mass is 10.1. The van der Waals surface area contributed by atoms with Crippen LogP contribution in [0.5, 0.6) is 0 Å². The minimum Gasteiger partial charge on any atom is -0.341 e. The van der Waals surface area contributed by atoms with Crippen molar-refractivity contribution in [1.82, 2.24) is 4.90 Å². The first-order chi connectivity index (χ1) is 6.32. The summed E-state index contributed by atoms with van der Waals surface area (Å²) in [4.78, 5) is 12.4. The number of nitrogens with zero attached hydrogens (tertiary/aromatic N) is 1. The Morgan fingerprint density at radius 3 is 2.50 bits per heavy atom. The molecule has 0 radical (unpaired) electrons. The SMILES string of the molecule is C[C@@H](N)C(=O)N1CC[C@H](C(F)(F)F)C1. The average Bonchev–Trinajstić information content (AvgIpc) is 2.49. The van der Waals surface area contributed by atoms with Gasteiger partial charge in [0.25, 0.3) is 0 Å². The van der Waals surface area contributed by atoms with Crippen molar-refractivity contribution in [2.75, 3.05) is 13.1 Å². The Kier molecular flexibility index (Phi) is 3.04. The second kappa shape index (κ2) is 3.76. The first-order valence-electron chi connectivity index (χ1n) is 4.43. The first-order valence-corrected chi connectivity index (χ1v) is 4.43. The Morgan fingerprint density at radius 1 is 1.57 bits per heavy atom. The molecule has 0 spiro atoms. The zero-order chi connectivity index (χ0) is 10.9. The summed E-state index contributed by atoms with van der Waals surface area (Å²) in [6, 6.07) is -0.720. The van der Waals surface area contributed by atoms with Crippen molar-refractivity contribution in [3.8, 4) is 0 Å².